The topological polar surface area (TPSA) is 41.1 Å². The standard InChI is InChI=1S/C16H9Cl3N2OS/c17-12-8-11(9-13(18)15(12)19)20-16(23)21-14(22)7-6-10-4-2-1-3-5-10/h1-5,8-9H,(H2,20,21,22,23). The van der Waals surface area contributed by atoms with Crippen LogP contribution in [0.25, 0.3) is 0 Å². The summed E-state index contributed by atoms with van der Waals surface area (Å²) in [5.74, 6) is 4.65. The first kappa shape index (κ1) is 17.6. The minimum atomic E-state index is -0.530. The highest BCUT2D eigenvalue weighted by Crippen LogP contribution is 2.33. The summed E-state index contributed by atoms with van der Waals surface area (Å²) in [5, 5.41) is 6.11. The number of halogens is 3. The molecule has 0 saturated carbocycles. The van der Waals surface area contributed by atoms with Gasteiger partial charge in [-0.3, -0.25) is 10.1 Å². The minimum Gasteiger partial charge on any atom is -0.332 e. The van der Waals surface area contributed by atoms with E-state index in [4.69, 9.17) is 47.0 Å². The zero-order valence-corrected chi connectivity index (χ0v) is 14.6. The molecule has 0 aliphatic rings. The number of anilines is 1. The van der Waals surface area contributed by atoms with Gasteiger partial charge < -0.3 is 5.32 Å². The van der Waals surface area contributed by atoms with Gasteiger partial charge in [-0.15, -0.1) is 0 Å². The average molecular weight is 384 g/mol. The second-order valence-corrected chi connectivity index (χ2v) is 5.88. The van der Waals surface area contributed by atoms with Crippen LogP contribution in [0.2, 0.25) is 15.1 Å². The van der Waals surface area contributed by atoms with Gasteiger partial charge in [0.05, 0.1) is 15.1 Å². The fourth-order valence-corrected chi connectivity index (χ4v) is 2.38. The molecule has 0 aromatic heterocycles. The molecule has 0 unspecified atom stereocenters. The van der Waals surface area contributed by atoms with Crippen molar-refractivity contribution in [3.05, 3.63) is 63.1 Å². The Bertz CT molecular complexity index is 790. The molecule has 0 radical (unpaired) electrons. The monoisotopic (exact) mass is 382 g/mol. The van der Waals surface area contributed by atoms with E-state index < -0.39 is 5.91 Å². The number of nitrogens with one attached hydrogen (secondary N) is 2. The summed E-state index contributed by atoms with van der Waals surface area (Å²) >= 11 is 22.7. The number of carbonyl (C=O) groups is 1. The summed E-state index contributed by atoms with van der Waals surface area (Å²) in [6.45, 7) is 0. The quantitative estimate of drug-likeness (QED) is 0.432. The number of hydrogen-bond acceptors (Lipinski definition) is 2. The van der Waals surface area contributed by atoms with Crippen molar-refractivity contribution < 1.29 is 4.79 Å². The van der Waals surface area contributed by atoms with Crippen molar-refractivity contribution in [2.45, 2.75) is 0 Å². The van der Waals surface area contributed by atoms with Crippen molar-refractivity contribution in [2.24, 2.45) is 0 Å². The van der Waals surface area contributed by atoms with E-state index in [9.17, 15) is 4.79 Å². The Kier molecular flexibility index (Phi) is 6.26. The van der Waals surface area contributed by atoms with Crippen molar-refractivity contribution in [3.8, 4) is 11.8 Å². The SMILES string of the molecule is O=C(C#Cc1ccccc1)NC(=S)Nc1cc(Cl)c(Cl)c(Cl)c1. The van der Waals surface area contributed by atoms with E-state index in [1.165, 1.54) is 0 Å². The number of rotatable bonds is 1. The Balaban J connectivity index is 1.97. The fraction of sp³-hybridized carbons (Fsp3) is 0. The smallest absolute Gasteiger partial charge is 0.302 e. The molecule has 0 fully saturated rings. The highest BCUT2D eigenvalue weighted by molar-refractivity contribution is 7.80. The van der Waals surface area contributed by atoms with Gasteiger partial charge >= 0.3 is 5.91 Å². The number of amides is 1. The molecule has 116 valence electrons. The van der Waals surface area contributed by atoms with Crippen molar-refractivity contribution >= 4 is 63.7 Å². The number of carbonyl (C=O) groups excluding carboxylic acids is 1. The molecule has 0 atom stereocenters. The fourth-order valence-electron chi connectivity index (χ4n) is 1.57. The molecule has 2 aromatic carbocycles. The van der Waals surface area contributed by atoms with E-state index in [-0.39, 0.29) is 20.2 Å². The van der Waals surface area contributed by atoms with Crippen LogP contribution in [0.1, 0.15) is 5.56 Å². The molecule has 0 saturated heterocycles. The zero-order valence-electron chi connectivity index (χ0n) is 11.5. The molecule has 1 amide bonds. The zero-order chi connectivity index (χ0) is 16.8. The van der Waals surface area contributed by atoms with Crippen LogP contribution in [0.4, 0.5) is 5.69 Å². The van der Waals surface area contributed by atoms with Crippen LogP contribution in [0.5, 0.6) is 0 Å². The number of thiocarbonyl (C=S) groups is 1. The second-order valence-electron chi connectivity index (χ2n) is 4.28. The van der Waals surface area contributed by atoms with Gasteiger partial charge in [-0.25, -0.2) is 0 Å². The molecule has 0 spiro atoms. The summed E-state index contributed by atoms with van der Waals surface area (Å²) in [4.78, 5) is 11.7. The lowest BCUT2D eigenvalue weighted by Gasteiger charge is -2.09. The number of hydrogen-bond donors (Lipinski definition) is 2. The largest absolute Gasteiger partial charge is 0.332 e. The summed E-state index contributed by atoms with van der Waals surface area (Å²) in [7, 11) is 0. The first-order valence-electron chi connectivity index (χ1n) is 6.29. The van der Waals surface area contributed by atoms with Crippen LogP contribution >= 0.6 is 47.0 Å². The van der Waals surface area contributed by atoms with E-state index in [0.717, 1.165) is 5.56 Å². The van der Waals surface area contributed by atoms with Gasteiger partial charge in [-0.2, -0.15) is 0 Å². The minimum absolute atomic E-state index is 0.0758. The number of benzene rings is 2. The van der Waals surface area contributed by atoms with Crippen molar-refractivity contribution in [1.82, 2.24) is 5.32 Å². The van der Waals surface area contributed by atoms with Gasteiger partial charge in [0.2, 0.25) is 0 Å². The third kappa shape index (κ3) is 5.42. The molecule has 0 aliphatic carbocycles. The summed E-state index contributed by atoms with van der Waals surface area (Å²) in [6, 6.07) is 12.2. The van der Waals surface area contributed by atoms with Gasteiger partial charge in [0.1, 0.15) is 0 Å². The Morgan fingerprint density at radius 1 is 1.04 bits per heavy atom. The molecule has 2 N–H and O–H groups in total. The Hall–Kier alpha value is -1.77. The van der Waals surface area contributed by atoms with Crippen LogP contribution < -0.4 is 10.6 Å². The van der Waals surface area contributed by atoms with Gasteiger partial charge in [-0.1, -0.05) is 58.9 Å². The van der Waals surface area contributed by atoms with E-state index in [1.807, 2.05) is 18.2 Å². The van der Waals surface area contributed by atoms with Crippen molar-refractivity contribution in [2.75, 3.05) is 5.32 Å². The molecule has 3 nitrogen and oxygen atoms in total. The summed E-state index contributed by atoms with van der Waals surface area (Å²) in [5.41, 5.74) is 1.24. The molecule has 0 aliphatic heterocycles. The highest BCUT2D eigenvalue weighted by atomic mass is 35.5. The molecule has 2 rings (SSSR count). The Morgan fingerprint density at radius 2 is 1.65 bits per heavy atom. The van der Waals surface area contributed by atoms with Gasteiger partial charge in [0.25, 0.3) is 0 Å². The first-order chi connectivity index (χ1) is 11.0. The van der Waals surface area contributed by atoms with Gasteiger partial charge in [-0.05, 0) is 36.5 Å². The van der Waals surface area contributed by atoms with Crippen molar-refractivity contribution in [3.63, 3.8) is 0 Å². The maximum Gasteiger partial charge on any atom is 0.302 e. The van der Waals surface area contributed by atoms with Crippen LogP contribution in [-0.2, 0) is 4.79 Å². The maximum atomic E-state index is 11.7. The van der Waals surface area contributed by atoms with E-state index in [2.05, 4.69) is 22.5 Å². The third-order valence-corrected chi connectivity index (χ3v) is 3.96. The normalized spacial score (nSPS) is 9.52. The predicted molar refractivity (Wildman–Crippen MR) is 99.2 cm³/mol. The molecule has 0 bridgehead atoms. The van der Waals surface area contributed by atoms with E-state index in [0.29, 0.717) is 5.69 Å². The molecule has 2 aromatic rings. The van der Waals surface area contributed by atoms with Crippen LogP contribution in [0.3, 0.4) is 0 Å². The average Bonchev–Trinajstić information content (AvgIpc) is 2.51. The van der Waals surface area contributed by atoms with Gasteiger partial charge in [0, 0.05) is 17.2 Å². The first-order valence-corrected chi connectivity index (χ1v) is 7.83. The predicted octanol–water partition coefficient (Wildman–Crippen LogP) is 4.51. The second kappa shape index (κ2) is 8.19. The Morgan fingerprint density at radius 3 is 2.26 bits per heavy atom. The lowest BCUT2D eigenvalue weighted by atomic mass is 10.2. The van der Waals surface area contributed by atoms with Crippen molar-refractivity contribution in [1.29, 1.82) is 0 Å². The molecule has 23 heavy (non-hydrogen) atoms. The van der Waals surface area contributed by atoms with Gasteiger partial charge in [0.15, 0.2) is 5.11 Å². The van der Waals surface area contributed by atoms with Crippen LogP contribution in [0, 0.1) is 11.8 Å². The van der Waals surface area contributed by atoms with E-state index in [1.54, 1.807) is 24.3 Å². The molecule has 7 heteroatoms. The molecular formula is C16H9Cl3N2OS. The lowest BCUT2D eigenvalue weighted by molar-refractivity contribution is -0.114. The summed E-state index contributed by atoms with van der Waals surface area (Å²) < 4.78 is 0. The molecule has 0 heterocycles. The molecular weight excluding hydrogens is 375 g/mol. The van der Waals surface area contributed by atoms with Crippen LogP contribution in [-0.4, -0.2) is 11.0 Å². The van der Waals surface area contributed by atoms with Crippen LogP contribution in [0.15, 0.2) is 42.5 Å². The Labute approximate surface area is 153 Å². The highest BCUT2D eigenvalue weighted by Gasteiger charge is 2.08. The summed E-state index contributed by atoms with van der Waals surface area (Å²) in [6.07, 6.45) is 0. The third-order valence-electron chi connectivity index (χ3n) is 2.56. The van der Waals surface area contributed by atoms with E-state index >= 15 is 0 Å². The lowest BCUT2D eigenvalue weighted by Crippen LogP contribution is -2.33. The maximum absolute atomic E-state index is 11.7.